The second-order valence-electron chi connectivity index (χ2n) is 6.44. The summed E-state index contributed by atoms with van der Waals surface area (Å²) in [5, 5.41) is 1.89. The summed E-state index contributed by atoms with van der Waals surface area (Å²) in [6.45, 7) is 8.48. The summed E-state index contributed by atoms with van der Waals surface area (Å²) in [7, 11) is 0. The van der Waals surface area contributed by atoms with Crippen LogP contribution in [0.15, 0.2) is 30.3 Å². The number of hydrogen-bond donors (Lipinski definition) is 0. The number of halogens is 2. The highest BCUT2D eigenvalue weighted by Crippen LogP contribution is 2.27. The lowest BCUT2D eigenvalue weighted by Gasteiger charge is -2.29. The van der Waals surface area contributed by atoms with Crippen molar-refractivity contribution in [2.75, 3.05) is 30.5 Å². The minimum Gasteiger partial charge on any atom is -0.378 e. The molecule has 0 radical (unpaired) electrons. The molecule has 0 spiro atoms. The summed E-state index contributed by atoms with van der Waals surface area (Å²) in [5.74, 6) is 0. The zero-order chi connectivity index (χ0) is 16.5. The Morgan fingerprint density at radius 2 is 1.64 bits per heavy atom. The standard InChI is InChI=1S/C18H28Br2O2/c1-4-18(13-19,14-20)15-21-10-11-22-17(2,3)12-16-8-6-5-7-9-16/h5-9H,4,10-15H2,1-3H3. The topological polar surface area (TPSA) is 18.5 Å². The van der Waals surface area contributed by atoms with Crippen LogP contribution in [0.3, 0.4) is 0 Å². The third-order valence-corrected chi connectivity index (χ3v) is 6.30. The lowest BCUT2D eigenvalue weighted by molar-refractivity contribution is -0.0536. The van der Waals surface area contributed by atoms with E-state index in [2.05, 4.69) is 76.9 Å². The van der Waals surface area contributed by atoms with Gasteiger partial charge in [0.2, 0.25) is 0 Å². The number of ether oxygens (including phenoxy) is 2. The van der Waals surface area contributed by atoms with E-state index in [1.54, 1.807) is 0 Å². The first-order valence-corrected chi connectivity index (χ1v) is 10.1. The summed E-state index contributed by atoms with van der Waals surface area (Å²) in [6.07, 6.45) is 2.00. The van der Waals surface area contributed by atoms with Crippen LogP contribution in [-0.4, -0.2) is 36.1 Å². The molecule has 0 aliphatic carbocycles. The molecule has 0 amide bonds. The smallest absolute Gasteiger partial charge is 0.0707 e. The molecule has 0 aliphatic heterocycles. The zero-order valence-corrected chi connectivity index (χ0v) is 17.1. The molecule has 0 saturated carbocycles. The molecule has 0 aliphatic rings. The SMILES string of the molecule is CCC(CBr)(CBr)COCCOC(C)(C)Cc1ccccc1. The van der Waals surface area contributed by atoms with E-state index in [0.29, 0.717) is 13.2 Å². The molecule has 0 saturated heterocycles. The molecular weight excluding hydrogens is 408 g/mol. The average Bonchev–Trinajstić information content (AvgIpc) is 2.52. The van der Waals surface area contributed by atoms with Crippen LogP contribution >= 0.6 is 31.9 Å². The fraction of sp³-hybridized carbons (Fsp3) is 0.667. The quantitative estimate of drug-likeness (QED) is 0.350. The van der Waals surface area contributed by atoms with Gasteiger partial charge in [-0.15, -0.1) is 0 Å². The van der Waals surface area contributed by atoms with Gasteiger partial charge < -0.3 is 9.47 Å². The van der Waals surface area contributed by atoms with Crippen molar-refractivity contribution in [3.8, 4) is 0 Å². The average molecular weight is 436 g/mol. The van der Waals surface area contributed by atoms with E-state index in [1.165, 1.54) is 5.56 Å². The maximum absolute atomic E-state index is 6.00. The molecule has 126 valence electrons. The molecule has 0 N–H and O–H groups in total. The van der Waals surface area contributed by atoms with Gasteiger partial charge in [0.15, 0.2) is 0 Å². The predicted octanol–water partition coefficient (Wildman–Crippen LogP) is 5.23. The Bertz CT molecular complexity index is 395. The molecule has 1 aromatic rings. The van der Waals surface area contributed by atoms with Gasteiger partial charge in [-0.05, 0) is 25.8 Å². The molecule has 22 heavy (non-hydrogen) atoms. The highest BCUT2D eigenvalue weighted by Gasteiger charge is 2.26. The van der Waals surface area contributed by atoms with E-state index in [-0.39, 0.29) is 11.0 Å². The summed E-state index contributed by atoms with van der Waals surface area (Å²) in [6, 6.07) is 10.5. The Balaban J connectivity index is 2.28. The highest BCUT2D eigenvalue weighted by molar-refractivity contribution is 9.09. The Kier molecular flexibility index (Phi) is 9.22. The second-order valence-corrected chi connectivity index (χ2v) is 7.57. The molecule has 0 heterocycles. The van der Waals surface area contributed by atoms with Crippen LogP contribution in [0.2, 0.25) is 0 Å². The molecule has 0 aromatic heterocycles. The molecule has 0 atom stereocenters. The maximum atomic E-state index is 6.00. The lowest BCUT2D eigenvalue weighted by Crippen LogP contribution is -2.32. The molecule has 1 aromatic carbocycles. The van der Waals surface area contributed by atoms with Crippen molar-refractivity contribution in [2.45, 2.75) is 39.2 Å². The fourth-order valence-corrected chi connectivity index (χ4v) is 4.25. The number of alkyl halides is 2. The fourth-order valence-electron chi connectivity index (χ4n) is 2.21. The first kappa shape index (κ1) is 20.1. The van der Waals surface area contributed by atoms with E-state index in [1.807, 2.05) is 6.07 Å². The Labute approximate surface area is 152 Å². The molecule has 0 unspecified atom stereocenters. The van der Waals surface area contributed by atoms with Crippen molar-refractivity contribution < 1.29 is 9.47 Å². The first-order valence-electron chi connectivity index (χ1n) is 7.84. The molecule has 1 rings (SSSR count). The Morgan fingerprint density at radius 3 is 2.18 bits per heavy atom. The van der Waals surface area contributed by atoms with Gasteiger partial charge in [0, 0.05) is 22.5 Å². The summed E-state index contributed by atoms with van der Waals surface area (Å²) < 4.78 is 11.8. The molecule has 0 bridgehead atoms. The van der Waals surface area contributed by atoms with Gasteiger partial charge in [0.1, 0.15) is 0 Å². The van der Waals surface area contributed by atoms with Crippen molar-refractivity contribution in [3.05, 3.63) is 35.9 Å². The van der Waals surface area contributed by atoms with Gasteiger partial charge >= 0.3 is 0 Å². The van der Waals surface area contributed by atoms with Crippen LogP contribution < -0.4 is 0 Å². The minimum absolute atomic E-state index is 0.169. The van der Waals surface area contributed by atoms with Crippen LogP contribution in [0.4, 0.5) is 0 Å². The van der Waals surface area contributed by atoms with Gasteiger partial charge in [-0.1, -0.05) is 69.1 Å². The van der Waals surface area contributed by atoms with E-state index >= 15 is 0 Å². The molecular formula is C18H28Br2O2. The van der Waals surface area contributed by atoms with Crippen molar-refractivity contribution in [1.82, 2.24) is 0 Å². The van der Waals surface area contributed by atoms with Crippen LogP contribution in [0, 0.1) is 5.41 Å². The second kappa shape index (κ2) is 10.1. The van der Waals surface area contributed by atoms with E-state index in [9.17, 15) is 0 Å². The highest BCUT2D eigenvalue weighted by atomic mass is 79.9. The van der Waals surface area contributed by atoms with E-state index in [0.717, 1.165) is 30.1 Å². The largest absolute Gasteiger partial charge is 0.378 e. The molecule has 0 fully saturated rings. The van der Waals surface area contributed by atoms with Crippen LogP contribution in [-0.2, 0) is 15.9 Å². The minimum atomic E-state index is -0.169. The molecule has 4 heteroatoms. The molecule has 2 nitrogen and oxygen atoms in total. The zero-order valence-electron chi connectivity index (χ0n) is 13.9. The van der Waals surface area contributed by atoms with E-state index in [4.69, 9.17) is 9.47 Å². The van der Waals surface area contributed by atoms with Gasteiger partial charge in [0.05, 0.1) is 25.4 Å². The first-order chi connectivity index (χ1) is 10.5. The Hall–Kier alpha value is 0.1000. The normalized spacial score (nSPS) is 12.6. The number of benzene rings is 1. The lowest BCUT2D eigenvalue weighted by atomic mass is 9.91. The third-order valence-electron chi connectivity index (χ3n) is 3.92. The van der Waals surface area contributed by atoms with Crippen LogP contribution in [0.25, 0.3) is 0 Å². The van der Waals surface area contributed by atoms with Gasteiger partial charge in [-0.3, -0.25) is 0 Å². The van der Waals surface area contributed by atoms with Crippen molar-refractivity contribution >= 4 is 31.9 Å². The van der Waals surface area contributed by atoms with Crippen molar-refractivity contribution in [3.63, 3.8) is 0 Å². The van der Waals surface area contributed by atoms with Gasteiger partial charge in [-0.25, -0.2) is 0 Å². The van der Waals surface area contributed by atoms with Gasteiger partial charge in [0.25, 0.3) is 0 Å². The monoisotopic (exact) mass is 434 g/mol. The van der Waals surface area contributed by atoms with Gasteiger partial charge in [-0.2, -0.15) is 0 Å². The Morgan fingerprint density at radius 1 is 1.00 bits per heavy atom. The number of hydrogen-bond acceptors (Lipinski definition) is 2. The van der Waals surface area contributed by atoms with Crippen LogP contribution in [0.5, 0.6) is 0 Å². The van der Waals surface area contributed by atoms with Crippen molar-refractivity contribution in [2.24, 2.45) is 5.41 Å². The predicted molar refractivity (Wildman–Crippen MR) is 101 cm³/mol. The van der Waals surface area contributed by atoms with E-state index < -0.39 is 0 Å². The van der Waals surface area contributed by atoms with Crippen LogP contribution in [0.1, 0.15) is 32.8 Å². The number of rotatable bonds is 11. The third kappa shape index (κ3) is 7.12. The summed E-state index contributed by atoms with van der Waals surface area (Å²) in [4.78, 5) is 0. The summed E-state index contributed by atoms with van der Waals surface area (Å²) in [5.41, 5.74) is 1.31. The summed E-state index contributed by atoms with van der Waals surface area (Å²) >= 11 is 7.18. The van der Waals surface area contributed by atoms with Crippen molar-refractivity contribution in [1.29, 1.82) is 0 Å². The maximum Gasteiger partial charge on any atom is 0.0707 e.